The lowest BCUT2D eigenvalue weighted by Crippen LogP contribution is -1.93. The van der Waals surface area contributed by atoms with E-state index in [1.165, 1.54) is 17.0 Å². The number of nitrogens with zero attached hydrogens (tertiary/aromatic N) is 2. The summed E-state index contributed by atoms with van der Waals surface area (Å²) in [5, 5.41) is 2.16. The van der Waals surface area contributed by atoms with Crippen LogP contribution in [0.1, 0.15) is 18.3 Å². The van der Waals surface area contributed by atoms with Crippen molar-refractivity contribution in [2.24, 2.45) is 0 Å². The summed E-state index contributed by atoms with van der Waals surface area (Å²) in [6.07, 6.45) is 1.00. The Morgan fingerprint density at radius 1 is 1.24 bits per heavy atom. The first-order valence-electron chi connectivity index (χ1n) is 5.82. The van der Waals surface area contributed by atoms with Crippen LogP contribution in [-0.2, 0) is 6.42 Å². The van der Waals surface area contributed by atoms with E-state index < -0.39 is 0 Å². The van der Waals surface area contributed by atoms with Crippen LogP contribution >= 0.6 is 11.3 Å². The minimum atomic E-state index is 1.00. The van der Waals surface area contributed by atoms with Crippen LogP contribution in [0.4, 0.5) is 0 Å². The second-order valence-corrected chi connectivity index (χ2v) is 4.96. The van der Waals surface area contributed by atoms with Gasteiger partial charge >= 0.3 is 0 Å². The van der Waals surface area contributed by atoms with Crippen molar-refractivity contribution in [2.75, 3.05) is 0 Å². The summed E-state index contributed by atoms with van der Waals surface area (Å²) in [6, 6.07) is 10.4. The highest BCUT2D eigenvalue weighted by Crippen LogP contribution is 2.28. The van der Waals surface area contributed by atoms with E-state index in [2.05, 4.69) is 47.9 Å². The number of thiazole rings is 1. The standard InChI is InChI=1S/C14H14N2S/c1-3-12-13(11-7-5-4-6-8-11)15-14-16(12)10(2)9-17-14/h4-9H,3H2,1-2H3. The van der Waals surface area contributed by atoms with E-state index in [0.717, 1.165) is 17.1 Å². The zero-order valence-corrected chi connectivity index (χ0v) is 10.8. The average molecular weight is 242 g/mol. The Hall–Kier alpha value is -1.61. The van der Waals surface area contributed by atoms with Gasteiger partial charge in [0, 0.05) is 16.6 Å². The van der Waals surface area contributed by atoms with Gasteiger partial charge in [0.05, 0.1) is 11.4 Å². The lowest BCUT2D eigenvalue weighted by atomic mass is 10.1. The predicted octanol–water partition coefficient (Wildman–Crippen LogP) is 3.93. The van der Waals surface area contributed by atoms with Crippen molar-refractivity contribution in [1.29, 1.82) is 0 Å². The molecular weight excluding hydrogens is 228 g/mol. The van der Waals surface area contributed by atoms with E-state index >= 15 is 0 Å². The highest BCUT2D eigenvalue weighted by Gasteiger charge is 2.14. The Morgan fingerprint density at radius 2 is 2.00 bits per heavy atom. The van der Waals surface area contributed by atoms with Crippen LogP contribution < -0.4 is 0 Å². The summed E-state index contributed by atoms with van der Waals surface area (Å²) in [5.74, 6) is 0. The van der Waals surface area contributed by atoms with Crippen molar-refractivity contribution in [3.05, 3.63) is 47.1 Å². The van der Waals surface area contributed by atoms with Crippen LogP contribution in [0.5, 0.6) is 0 Å². The van der Waals surface area contributed by atoms with Gasteiger partial charge in [-0.2, -0.15) is 0 Å². The first kappa shape index (κ1) is 10.5. The van der Waals surface area contributed by atoms with E-state index in [4.69, 9.17) is 4.98 Å². The molecule has 0 atom stereocenters. The van der Waals surface area contributed by atoms with Crippen molar-refractivity contribution in [1.82, 2.24) is 9.38 Å². The molecule has 2 nitrogen and oxygen atoms in total. The van der Waals surface area contributed by atoms with Crippen LogP contribution in [0.25, 0.3) is 16.2 Å². The molecule has 0 saturated heterocycles. The summed E-state index contributed by atoms with van der Waals surface area (Å²) < 4.78 is 2.27. The maximum Gasteiger partial charge on any atom is 0.194 e. The molecule has 0 unspecified atom stereocenters. The number of benzene rings is 1. The van der Waals surface area contributed by atoms with Crippen LogP contribution in [0.15, 0.2) is 35.7 Å². The smallest absolute Gasteiger partial charge is 0.194 e. The SMILES string of the molecule is CCc1c(-c2ccccc2)nc2scc(C)n12. The van der Waals surface area contributed by atoms with Gasteiger partial charge in [-0.15, -0.1) is 11.3 Å². The average Bonchev–Trinajstić information content (AvgIpc) is 2.91. The van der Waals surface area contributed by atoms with Gasteiger partial charge in [0.25, 0.3) is 0 Å². The summed E-state index contributed by atoms with van der Waals surface area (Å²) in [6.45, 7) is 4.33. The molecule has 0 N–H and O–H groups in total. The first-order chi connectivity index (χ1) is 8.31. The number of aryl methyl sites for hydroxylation is 2. The molecule has 0 aliphatic heterocycles. The topological polar surface area (TPSA) is 17.3 Å². The van der Waals surface area contributed by atoms with Crippen molar-refractivity contribution >= 4 is 16.3 Å². The fraction of sp³-hybridized carbons (Fsp3) is 0.214. The minimum absolute atomic E-state index is 1.00. The second-order valence-electron chi connectivity index (χ2n) is 4.12. The maximum atomic E-state index is 4.76. The number of hydrogen-bond donors (Lipinski definition) is 0. The zero-order chi connectivity index (χ0) is 11.8. The van der Waals surface area contributed by atoms with Gasteiger partial charge in [0.15, 0.2) is 4.96 Å². The van der Waals surface area contributed by atoms with Crippen LogP contribution in [0.3, 0.4) is 0 Å². The molecule has 3 heteroatoms. The third kappa shape index (κ3) is 1.58. The lowest BCUT2D eigenvalue weighted by molar-refractivity contribution is 0.977. The van der Waals surface area contributed by atoms with Gasteiger partial charge in [-0.3, -0.25) is 4.40 Å². The summed E-state index contributed by atoms with van der Waals surface area (Å²) in [4.78, 5) is 5.85. The second kappa shape index (κ2) is 4.00. The highest BCUT2D eigenvalue weighted by molar-refractivity contribution is 7.15. The van der Waals surface area contributed by atoms with Crippen LogP contribution in [-0.4, -0.2) is 9.38 Å². The molecule has 2 heterocycles. The molecule has 0 saturated carbocycles. The Morgan fingerprint density at radius 3 is 2.71 bits per heavy atom. The normalized spacial score (nSPS) is 11.2. The fourth-order valence-electron chi connectivity index (χ4n) is 2.22. The van der Waals surface area contributed by atoms with Gasteiger partial charge < -0.3 is 0 Å². The quantitative estimate of drug-likeness (QED) is 0.665. The number of rotatable bonds is 2. The molecule has 3 aromatic rings. The fourth-order valence-corrected chi connectivity index (χ4v) is 3.10. The van der Waals surface area contributed by atoms with Gasteiger partial charge in [0.2, 0.25) is 0 Å². The molecule has 0 spiro atoms. The lowest BCUT2D eigenvalue weighted by Gasteiger charge is -2.02. The van der Waals surface area contributed by atoms with Gasteiger partial charge in [-0.25, -0.2) is 4.98 Å². The van der Waals surface area contributed by atoms with E-state index in [0.29, 0.717) is 0 Å². The van der Waals surface area contributed by atoms with Crippen molar-refractivity contribution in [3.8, 4) is 11.3 Å². The van der Waals surface area contributed by atoms with Gasteiger partial charge in [-0.05, 0) is 13.3 Å². The molecule has 0 fully saturated rings. The third-order valence-corrected chi connectivity index (χ3v) is 3.96. The predicted molar refractivity (Wildman–Crippen MR) is 72.6 cm³/mol. The summed E-state index contributed by atoms with van der Waals surface area (Å²) in [5.41, 5.74) is 4.92. The third-order valence-electron chi connectivity index (χ3n) is 3.01. The van der Waals surface area contributed by atoms with Gasteiger partial charge in [0.1, 0.15) is 0 Å². The van der Waals surface area contributed by atoms with E-state index in [9.17, 15) is 0 Å². The van der Waals surface area contributed by atoms with E-state index in [-0.39, 0.29) is 0 Å². The monoisotopic (exact) mass is 242 g/mol. The zero-order valence-electron chi connectivity index (χ0n) is 9.97. The van der Waals surface area contributed by atoms with Gasteiger partial charge in [-0.1, -0.05) is 37.3 Å². The molecular formula is C14H14N2S. The highest BCUT2D eigenvalue weighted by atomic mass is 32.1. The Bertz CT molecular complexity index is 649. The number of fused-ring (bicyclic) bond motifs is 1. The Balaban J connectivity index is 2.30. The van der Waals surface area contributed by atoms with E-state index in [1.54, 1.807) is 11.3 Å². The summed E-state index contributed by atoms with van der Waals surface area (Å²) in [7, 11) is 0. The first-order valence-corrected chi connectivity index (χ1v) is 6.70. The molecule has 17 heavy (non-hydrogen) atoms. The van der Waals surface area contributed by atoms with Crippen molar-refractivity contribution in [2.45, 2.75) is 20.3 Å². The molecule has 2 aromatic heterocycles. The van der Waals surface area contributed by atoms with E-state index in [1.807, 2.05) is 6.07 Å². The molecule has 86 valence electrons. The molecule has 0 aliphatic rings. The summed E-state index contributed by atoms with van der Waals surface area (Å²) >= 11 is 1.71. The Labute approximate surface area is 105 Å². The number of hydrogen-bond acceptors (Lipinski definition) is 2. The maximum absolute atomic E-state index is 4.76. The van der Waals surface area contributed by atoms with Crippen LogP contribution in [0.2, 0.25) is 0 Å². The van der Waals surface area contributed by atoms with Crippen molar-refractivity contribution < 1.29 is 0 Å². The van der Waals surface area contributed by atoms with Crippen molar-refractivity contribution in [3.63, 3.8) is 0 Å². The molecule has 0 aliphatic carbocycles. The molecule has 1 aromatic carbocycles. The largest absolute Gasteiger partial charge is 0.291 e. The number of aromatic nitrogens is 2. The van der Waals surface area contributed by atoms with Crippen LogP contribution in [0, 0.1) is 6.92 Å². The number of imidazole rings is 1. The molecule has 3 rings (SSSR count). The molecule has 0 radical (unpaired) electrons. The molecule has 0 amide bonds. The molecule has 0 bridgehead atoms. The minimum Gasteiger partial charge on any atom is -0.291 e. The Kier molecular flexibility index (Phi) is 2.48.